The van der Waals surface area contributed by atoms with Crippen LogP contribution in [-0.4, -0.2) is 5.91 Å². The lowest BCUT2D eigenvalue weighted by atomic mass is 10.0. The summed E-state index contributed by atoms with van der Waals surface area (Å²) in [5, 5.41) is 3.73. The van der Waals surface area contributed by atoms with Crippen LogP contribution in [0.5, 0.6) is 0 Å². The molecule has 2 rings (SSSR count). The summed E-state index contributed by atoms with van der Waals surface area (Å²) >= 11 is 5.90. The first kappa shape index (κ1) is 16.5. The lowest BCUT2D eigenvalue weighted by molar-refractivity contribution is -0.122. The standard InChI is InChI=1S/C18H21ClN2O/c1-2-17(14-8-10-15(19)11-9-14)21-18(22)12-16(20)13-6-4-3-5-7-13/h3-11,16-17H,2,12,20H2,1H3,(H,21,22)/t16-,17+/m0/s1. The van der Waals surface area contributed by atoms with Crippen LogP contribution in [0.1, 0.15) is 43.0 Å². The smallest absolute Gasteiger partial charge is 0.222 e. The summed E-state index contributed by atoms with van der Waals surface area (Å²) in [5.41, 5.74) is 8.11. The van der Waals surface area contributed by atoms with Crippen molar-refractivity contribution in [2.24, 2.45) is 5.73 Å². The Morgan fingerprint density at radius 1 is 1.09 bits per heavy atom. The Bertz CT molecular complexity index is 598. The summed E-state index contributed by atoms with van der Waals surface area (Å²) in [4.78, 5) is 12.2. The molecule has 0 bridgehead atoms. The van der Waals surface area contributed by atoms with Crippen molar-refractivity contribution in [1.82, 2.24) is 5.32 Å². The third-order valence-electron chi connectivity index (χ3n) is 3.65. The summed E-state index contributed by atoms with van der Waals surface area (Å²) < 4.78 is 0. The van der Waals surface area contributed by atoms with Gasteiger partial charge in [-0.15, -0.1) is 0 Å². The molecule has 0 aliphatic rings. The summed E-state index contributed by atoms with van der Waals surface area (Å²) in [6, 6.07) is 16.9. The summed E-state index contributed by atoms with van der Waals surface area (Å²) in [6.07, 6.45) is 1.09. The topological polar surface area (TPSA) is 55.1 Å². The van der Waals surface area contributed by atoms with E-state index in [9.17, 15) is 4.79 Å². The fourth-order valence-electron chi connectivity index (χ4n) is 2.39. The Kier molecular flexibility index (Phi) is 5.99. The number of halogens is 1. The van der Waals surface area contributed by atoms with Crippen molar-refractivity contribution in [3.8, 4) is 0 Å². The second-order valence-corrected chi connectivity index (χ2v) is 5.74. The molecule has 0 aliphatic heterocycles. The van der Waals surface area contributed by atoms with Gasteiger partial charge >= 0.3 is 0 Å². The van der Waals surface area contributed by atoms with Crippen molar-refractivity contribution in [3.63, 3.8) is 0 Å². The first-order chi connectivity index (χ1) is 10.6. The van der Waals surface area contributed by atoms with E-state index < -0.39 is 0 Å². The van der Waals surface area contributed by atoms with Gasteiger partial charge in [-0.3, -0.25) is 4.79 Å². The zero-order chi connectivity index (χ0) is 15.9. The largest absolute Gasteiger partial charge is 0.349 e. The fourth-order valence-corrected chi connectivity index (χ4v) is 2.51. The second kappa shape index (κ2) is 7.97. The van der Waals surface area contributed by atoms with Crippen molar-refractivity contribution >= 4 is 17.5 Å². The number of nitrogens with two attached hydrogens (primary N) is 1. The van der Waals surface area contributed by atoms with Crippen molar-refractivity contribution in [2.45, 2.75) is 31.8 Å². The first-order valence-electron chi connectivity index (χ1n) is 7.45. The van der Waals surface area contributed by atoms with Gasteiger partial charge in [0.1, 0.15) is 0 Å². The van der Waals surface area contributed by atoms with Crippen LogP contribution in [0.3, 0.4) is 0 Å². The van der Waals surface area contributed by atoms with E-state index in [1.54, 1.807) is 0 Å². The highest BCUT2D eigenvalue weighted by atomic mass is 35.5. The predicted octanol–water partition coefficient (Wildman–Crippen LogP) is 4.00. The monoisotopic (exact) mass is 316 g/mol. The fraction of sp³-hybridized carbons (Fsp3) is 0.278. The van der Waals surface area contributed by atoms with E-state index in [-0.39, 0.29) is 24.4 Å². The molecule has 2 aromatic carbocycles. The molecule has 22 heavy (non-hydrogen) atoms. The Hall–Kier alpha value is -1.84. The Morgan fingerprint density at radius 3 is 2.32 bits per heavy atom. The highest BCUT2D eigenvalue weighted by Gasteiger charge is 2.16. The van der Waals surface area contributed by atoms with Crippen molar-refractivity contribution < 1.29 is 4.79 Å². The molecule has 116 valence electrons. The molecule has 0 fully saturated rings. The van der Waals surface area contributed by atoms with Gasteiger partial charge in [0.2, 0.25) is 5.91 Å². The van der Waals surface area contributed by atoms with Crippen LogP contribution in [0.25, 0.3) is 0 Å². The predicted molar refractivity (Wildman–Crippen MR) is 90.6 cm³/mol. The number of hydrogen-bond donors (Lipinski definition) is 2. The third-order valence-corrected chi connectivity index (χ3v) is 3.90. The quantitative estimate of drug-likeness (QED) is 0.846. The van der Waals surface area contributed by atoms with Crippen LogP contribution in [0.15, 0.2) is 54.6 Å². The maximum Gasteiger partial charge on any atom is 0.222 e. The average molecular weight is 317 g/mol. The van der Waals surface area contributed by atoms with Gasteiger partial charge in [-0.1, -0.05) is 61.0 Å². The number of rotatable bonds is 6. The number of amides is 1. The molecule has 4 heteroatoms. The molecular formula is C18H21ClN2O. The van der Waals surface area contributed by atoms with Crippen molar-refractivity contribution in [1.29, 1.82) is 0 Å². The SMILES string of the molecule is CC[C@@H](NC(=O)C[C@H](N)c1ccccc1)c1ccc(Cl)cc1. The van der Waals surface area contributed by atoms with Crippen LogP contribution in [0.2, 0.25) is 5.02 Å². The lowest BCUT2D eigenvalue weighted by Crippen LogP contribution is -2.30. The Morgan fingerprint density at radius 2 is 1.73 bits per heavy atom. The highest BCUT2D eigenvalue weighted by molar-refractivity contribution is 6.30. The zero-order valence-electron chi connectivity index (χ0n) is 12.6. The molecule has 3 N–H and O–H groups in total. The molecule has 0 heterocycles. The normalized spacial score (nSPS) is 13.4. The average Bonchev–Trinajstić information content (AvgIpc) is 2.54. The molecule has 1 amide bonds. The van der Waals surface area contributed by atoms with Crippen LogP contribution in [0.4, 0.5) is 0 Å². The number of nitrogens with one attached hydrogen (secondary N) is 1. The molecule has 0 spiro atoms. The van der Waals surface area contributed by atoms with Crippen LogP contribution < -0.4 is 11.1 Å². The van der Waals surface area contributed by atoms with E-state index in [1.807, 2.05) is 61.5 Å². The molecule has 2 atom stereocenters. The maximum atomic E-state index is 12.2. The van der Waals surface area contributed by atoms with E-state index in [0.29, 0.717) is 5.02 Å². The minimum atomic E-state index is -0.288. The molecule has 0 radical (unpaired) electrons. The van der Waals surface area contributed by atoms with Gasteiger partial charge in [-0.05, 0) is 29.7 Å². The van der Waals surface area contributed by atoms with Gasteiger partial charge < -0.3 is 11.1 Å². The highest BCUT2D eigenvalue weighted by Crippen LogP contribution is 2.20. The molecule has 2 aromatic rings. The van der Waals surface area contributed by atoms with Crippen molar-refractivity contribution in [3.05, 3.63) is 70.7 Å². The number of carbonyl (C=O) groups excluding carboxylic acids is 1. The van der Waals surface area contributed by atoms with E-state index in [4.69, 9.17) is 17.3 Å². The third kappa shape index (κ3) is 4.58. The molecule has 0 saturated carbocycles. The molecule has 0 unspecified atom stereocenters. The zero-order valence-corrected chi connectivity index (χ0v) is 13.4. The minimum Gasteiger partial charge on any atom is -0.349 e. The lowest BCUT2D eigenvalue weighted by Gasteiger charge is -2.19. The molecule has 0 aliphatic carbocycles. The Balaban J connectivity index is 1.96. The molecule has 0 saturated heterocycles. The van der Waals surface area contributed by atoms with Gasteiger partial charge in [0.15, 0.2) is 0 Å². The number of carbonyl (C=O) groups is 1. The number of benzene rings is 2. The minimum absolute atomic E-state index is 0.0206. The second-order valence-electron chi connectivity index (χ2n) is 5.30. The van der Waals surface area contributed by atoms with E-state index in [1.165, 1.54) is 0 Å². The van der Waals surface area contributed by atoms with Crippen LogP contribution >= 0.6 is 11.6 Å². The van der Waals surface area contributed by atoms with E-state index in [2.05, 4.69) is 5.32 Å². The van der Waals surface area contributed by atoms with E-state index in [0.717, 1.165) is 17.5 Å². The van der Waals surface area contributed by atoms with Crippen LogP contribution in [0, 0.1) is 0 Å². The summed E-state index contributed by atoms with van der Waals surface area (Å²) in [5.74, 6) is -0.0434. The first-order valence-corrected chi connectivity index (χ1v) is 7.83. The summed E-state index contributed by atoms with van der Waals surface area (Å²) in [6.45, 7) is 2.04. The molecule has 0 aromatic heterocycles. The Labute approximate surface area is 136 Å². The number of hydrogen-bond acceptors (Lipinski definition) is 2. The van der Waals surface area contributed by atoms with Gasteiger partial charge in [0, 0.05) is 17.5 Å². The van der Waals surface area contributed by atoms with E-state index >= 15 is 0 Å². The van der Waals surface area contributed by atoms with Gasteiger partial charge in [-0.2, -0.15) is 0 Å². The van der Waals surface area contributed by atoms with Gasteiger partial charge in [-0.25, -0.2) is 0 Å². The maximum absolute atomic E-state index is 12.2. The molecular weight excluding hydrogens is 296 g/mol. The summed E-state index contributed by atoms with van der Waals surface area (Å²) in [7, 11) is 0. The van der Waals surface area contributed by atoms with Crippen LogP contribution in [-0.2, 0) is 4.79 Å². The molecule has 3 nitrogen and oxygen atoms in total. The van der Waals surface area contributed by atoms with Gasteiger partial charge in [0.05, 0.1) is 6.04 Å². The van der Waals surface area contributed by atoms with Gasteiger partial charge in [0.25, 0.3) is 0 Å². The van der Waals surface area contributed by atoms with Crippen molar-refractivity contribution in [2.75, 3.05) is 0 Å².